The van der Waals surface area contributed by atoms with Crippen LogP contribution >= 0.6 is 0 Å². The SMILES string of the molecule is CCOC(=O)CNC(=O)N1CC(C)OC(C)C1. The average Bonchev–Trinajstić information content (AvgIpc) is 2.25. The fourth-order valence-corrected chi connectivity index (χ4v) is 1.82. The lowest BCUT2D eigenvalue weighted by Gasteiger charge is -2.35. The molecule has 0 bridgehead atoms. The lowest BCUT2D eigenvalue weighted by Crippen LogP contribution is -2.52. The second kappa shape index (κ2) is 6.44. The van der Waals surface area contributed by atoms with E-state index in [-0.39, 0.29) is 24.8 Å². The van der Waals surface area contributed by atoms with Crippen molar-refractivity contribution in [3.05, 3.63) is 0 Å². The molecule has 0 aliphatic carbocycles. The highest BCUT2D eigenvalue weighted by Crippen LogP contribution is 2.10. The van der Waals surface area contributed by atoms with E-state index >= 15 is 0 Å². The summed E-state index contributed by atoms with van der Waals surface area (Å²) in [6.45, 7) is 6.87. The zero-order valence-electron chi connectivity index (χ0n) is 10.6. The molecular formula is C11H20N2O4. The third-order valence-electron chi connectivity index (χ3n) is 2.40. The average molecular weight is 244 g/mol. The Balaban J connectivity index is 2.34. The maximum Gasteiger partial charge on any atom is 0.325 e. The van der Waals surface area contributed by atoms with E-state index in [1.54, 1.807) is 11.8 Å². The van der Waals surface area contributed by atoms with E-state index in [9.17, 15) is 9.59 Å². The van der Waals surface area contributed by atoms with E-state index in [0.29, 0.717) is 19.7 Å². The molecule has 0 radical (unpaired) electrons. The normalized spacial score (nSPS) is 24.3. The van der Waals surface area contributed by atoms with E-state index in [2.05, 4.69) is 5.32 Å². The van der Waals surface area contributed by atoms with Gasteiger partial charge in [-0.1, -0.05) is 0 Å². The smallest absolute Gasteiger partial charge is 0.325 e. The summed E-state index contributed by atoms with van der Waals surface area (Å²) in [7, 11) is 0. The van der Waals surface area contributed by atoms with Gasteiger partial charge in [0.05, 0.1) is 18.8 Å². The molecule has 6 heteroatoms. The fraction of sp³-hybridized carbons (Fsp3) is 0.818. The van der Waals surface area contributed by atoms with Crippen LogP contribution in [0.5, 0.6) is 0 Å². The van der Waals surface area contributed by atoms with E-state index in [0.717, 1.165) is 0 Å². The largest absolute Gasteiger partial charge is 0.465 e. The van der Waals surface area contributed by atoms with Crippen LogP contribution in [0.25, 0.3) is 0 Å². The molecule has 0 spiro atoms. The molecule has 1 heterocycles. The number of hydrogen-bond donors (Lipinski definition) is 1. The number of carbonyl (C=O) groups excluding carboxylic acids is 2. The molecule has 17 heavy (non-hydrogen) atoms. The van der Waals surface area contributed by atoms with Crippen LogP contribution in [-0.2, 0) is 14.3 Å². The quantitative estimate of drug-likeness (QED) is 0.728. The van der Waals surface area contributed by atoms with Crippen LogP contribution in [0.3, 0.4) is 0 Å². The zero-order valence-corrected chi connectivity index (χ0v) is 10.6. The van der Waals surface area contributed by atoms with Gasteiger partial charge < -0.3 is 19.7 Å². The Morgan fingerprint density at radius 3 is 2.47 bits per heavy atom. The summed E-state index contributed by atoms with van der Waals surface area (Å²) in [5.41, 5.74) is 0. The molecule has 1 N–H and O–H groups in total. The predicted octanol–water partition coefficient (Wildman–Crippen LogP) is 0.368. The fourth-order valence-electron chi connectivity index (χ4n) is 1.82. The number of nitrogens with one attached hydrogen (secondary N) is 1. The van der Waals surface area contributed by atoms with E-state index in [1.165, 1.54) is 0 Å². The van der Waals surface area contributed by atoms with Gasteiger partial charge >= 0.3 is 12.0 Å². The zero-order chi connectivity index (χ0) is 12.8. The standard InChI is InChI=1S/C11H20N2O4/c1-4-16-10(14)5-12-11(15)13-6-8(2)17-9(3)7-13/h8-9H,4-7H2,1-3H3,(H,12,15). The predicted molar refractivity (Wildman–Crippen MR) is 61.6 cm³/mol. The van der Waals surface area contributed by atoms with Crippen molar-refractivity contribution in [1.29, 1.82) is 0 Å². The second-order valence-electron chi connectivity index (χ2n) is 4.13. The minimum absolute atomic E-state index is 0.0205. The van der Waals surface area contributed by atoms with Crippen LogP contribution in [-0.4, -0.2) is 55.3 Å². The molecule has 2 amide bonds. The first-order valence-electron chi connectivity index (χ1n) is 5.86. The summed E-state index contributed by atoms with van der Waals surface area (Å²) in [4.78, 5) is 24.5. The molecule has 98 valence electrons. The van der Waals surface area contributed by atoms with Gasteiger partial charge in [-0.2, -0.15) is 0 Å². The molecule has 0 aromatic heterocycles. The maximum atomic E-state index is 11.7. The number of ether oxygens (including phenoxy) is 2. The van der Waals surface area contributed by atoms with Crippen molar-refractivity contribution >= 4 is 12.0 Å². The molecule has 6 nitrogen and oxygen atoms in total. The molecule has 1 saturated heterocycles. The molecule has 1 rings (SSSR count). The molecule has 1 aliphatic rings. The highest BCUT2D eigenvalue weighted by Gasteiger charge is 2.25. The first kappa shape index (κ1) is 13.8. The van der Waals surface area contributed by atoms with Crippen LogP contribution < -0.4 is 5.32 Å². The van der Waals surface area contributed by atoms with Gasteiger partial charge in [0.1, 0.15) is 6.54 Å². The third kappa shape index (κ3) is 4.60. The summed E-state index contributed by atoms with van der Waals surface area (Å²) in [5.74, 6) is -0.421. The molecule has 2 unspecified atom stereocenters. The van der Waals surface area contributed by atoms with Crippen LogP contribution in [0.1, 0.15) is 20.8 Å². The molecular weight excluding hydrogens is 224 g/mol. The minimum Gasteiger partial charge on any atom is -0.465 e. The van der Waals surface area contributed by atoms with Gasteiger partial charge in [0.25, 0.3) is 0 Å². The molecule has 0 aromatic rings. The lowest BCUT2D eigenvalue weighted by molar-refractivity contribution is -0.141. The molecule has 1 fully saturated rings. The second-order valence-corrected chi connectivity index (χ2v) is 4.13. The Morgan fingerprint density at radius 1 is 1.35 bits per heavy atom. The van der Waals surface area contributed by atoms with Crippen molar-refractivity contribution < 1.29 is 19.1 Å². The van der Waals surface area contributed by atoms with Crippen molar-refractivity contribution in [1.82, 2.24) is 10.2 Å². The Labute approximate surface area is 101 Å². The van der Waals surface area contributed by atoms with Gasteiger partial charge in [-0.15, -0.1) is 0 Å². The van der Waals surface area contributed by atoms with E-state index in [4.69, 9.17) is 9.47 Å². The topological polar surface area (TPSA) is 67.9 Å². The van der Waals surface area contributed by atoms with Crippen LogP contribution in [0.4, 0.5) is 4.79 Å². The van der Waals surface area contributed by atoms with Crippen molar-refractivity contribution in [2.75, 3.05) is 26.2 Å². The summed E-state index contributed by atoms with van der Waals surface area (Å²) in [5, 5.41) is 2.53. The minimum atomic E-state index is -0.421. The van der Waals surface area contributed by atoms with Crippen LogP contribution in [0.15, 0.2) is 0 Å². The first-order valence-corrected chi connectivity index (χ1v) is 5.86. The number of nitrogens with zero attached hydrogens (tertiary/aromatic N) is 1. The highest BCUT2D eigenvalue weighted by atomic mass is 16.5. The molecule has 2 atom stereocenters. The van der Waals surface area contributed by atoms with Gasteiger partial charge in [-0.25, -0.2) is 4.79 Å². The van der Waals surface area contributed by atoms with Crippen molar-refractivity contribution in [3.8, 4) is 0 Å². The van der Waals surface area contributed by atoms with Crippen LogP contribution in [0, 0.1) is 0 Å². The van der Waals surface area contributed by atoms with Crippen molar-refractivity contribution in [2.45, 2.75) is 33.0 Å². The van der Waals surface area contributed by atoms with Crippen LogP contribution in [0.2, 0.25) is 0 Å². The van der Waals surface area contributed by atoms with Gasteiger partial charge in [0, 0.05) is 13.1 Å². The lowest BCUT2D eigenvalue weighted by atomic mass is 10.2. The highest BCUT2D eigenvalue weighted by molar-refractivity contribution is 5.80. The molecule has 0 saturated carbocycles. The molecule has 1 aliphatic heterocycles. The Hall–Kier alpha value is -1.30. The van der Waals surface area contributed by atoms with Crippen molar-refractivity contribution in [3.63, 3.8) is 0 Å². The maximum absolute atomic E-state index is 11.7. The summed E-state index contributed by atoms with van der Waals surface area (Å²) >= 11 is 0. The first-order chi connectivity index (χ1) is 8.02. The number of carbonyl (C=O) groups is 2. The van der Waals surface area contributed by atoms with Crippen molar-refractivity contribution in [2.24, 2.45) is 0 Å². The summed E-state index contributed by atoms with van der Waals surface area (Å²) in [6.07, 6.45) is 0.0409. The number of amides is 2. The van der Waals surface area contributed by atoms with Gasteiger partial charge in [0.15, 0.2) is 0 Å². The monoisotopic (exact) mass is 244 g/mol. The number of hydrogen-bond acceptors (Lipinski definition) is 4. The summed E-state index contributed by atoms with van der Waals surface area (Å²) in [6, 6.07) is -0.250. The van der Waals surface area contributed by atoms with E-state index < -0.39 is 5.97 Å². The summed E-state index contributed by atoms with van der Waals surface area (Å²) < 4.78 is 10.2. The van der Waals surface area contributed by atoms with Gasteiger partial charge in [-0.3, -0.25) is 4.79 Å². The Bertz CT molecular complexity index is 273. The van der Waals surface area contributed by atoms with Gasteiger partial charge in [0.2, 0.25) is 0 Å². The number of esters is 1. The molecule has 0 aromatic carbocycles. The van der Waals surface area contributed by atoms with E-state index in [1.807, 2.05) is 13.8 Å². The number of urea groups is 1. The number of morpholine rings is 1. The Kier molecular flexibility index (Phi) is 5.21. The Morgan fingerprint density at radius 2 is 1.94 bits per heavy atom. The third-order valence-corrected chi connectivity index (χ3v) is 2.40. The number of rotatable bonds is 3. The van der Waals surface area contributed by atoms with Gasteiger partial charge in [-0.05, 0) is 20.8 Å².